The number of likely N-dealkylation sites (tertiary alicyclic amines) is 1. The molecule has 190 valence electrons. The average Bonchev–Trinajstić information content (AvgIpc) is 3.03. The van der Waals surface area contributed by atoms with Gasteiger partial charge in [0.1, 0.15) is 11.1 Å². The average molecular weight is 477 g/mol. The molecular weight excluding hydrogens is 436 g/mol. The SMILES string of the molecule is CCC1[C@](CC)(C(=O)O)N(CCCCCc2ccccc2)C[C@@]1(NC(=O)OC(C)(C)C)C(=O)O. The molecule has 0 aromatic heterocycles. The maximum atomic E-state index is 12.7. The quantitative estimate of drug-likeness (QED) is 0.407. The number of alkyl carbamates (subject to hydrolysis) is 1. The van der Waals surface area contributed by atoms with Crippen molar-refractivity contribution in [2.24, 2.45) is 5.92 Å². The molecule has 1 aliphatic rings. The van der Waals surface area contributed by atoms with Crippen LogP contribution in [-0.2, 0) is 20.7 Å². The van der Waals surface area contributed by atoms with E-state index in [1.54, 1.807) is 39.5 Å². The van der Waals surface area contributed by atoms with Crippen molar-refractivity contribution in [2.75, 3.05) is 13.1 Å². The number of hydrogen-bond acceptors (Lipinski definition) is 5. The summed E-state index contributed by atoms with van der Waals surface area (Å²) in [4.78, 5) is 39.7. The van der Waals surface area contributed by atoms with Crippen molar-refractivity contribution in [3.05, 3.63) is 35.9 Å². The molecule has 0 bridgehead atoms. The predicted molar refractivity (Wildman–Crippen MR) is 130 cm³/mol. The van der Waals surface area contributed by atoms with Crippen LogP contribution in [0, 0.1) is 5.92 Å². The van der Waals surface area contributed by atoms with Crippen LogP contribution < -0.4 is 5.32 Å². The van der Waals surface area contributed by atoms with Gasteiger partial charge < -0.3 is 20.3 Å². The smallest absolute Gasteiger partial charge is 0.408 e. The summed E-state index contributed by atoms with van der Waals surface area (Å²) >= 11 is 0. The zero-order valence-electron chi connectivity index (χ0n) is 21.1. The fourth-order valence-corrected chi connectivity index (χ4v) is 5.39. The third-order valence-corrected chi connectivity index (χ3v) is 6.84. The Morgan fingerprint density at radius 1 is 1.06 bits per heavy atom. The second-order valence-electron chi connectivity index (χ2n) is 10.2. The number of nitrogens with zero attached hydrogens (tertiary/aromatic N) is 1. The highest BCUT2D eigenvalue weighted by atomic mass is 16.6. The van der Waals surface area contributed by atoms with Crippen molar-refractivity contribution in [3.63, 3.8) is 0 Å². The maximum absolute atomic E-state index is 12.7. The van der Waals surface area contributed by atoms with Crippen molar-refractivity contribution in [2.45, 2.75) is 89.8 Å². The number of carbonyl (C=O) groups is 3. The molecule has 1 saturated heterocycles. The molecule has 1 aromatic rings. The first-order chi connectivity index (χ1) is 15.9. The van der Waals surface area contributed by atoms with Gasteiger partial charge in [-0.05, 0) is 65.0 Å². The van der Waals surface area contributed by atoms with Gasteiger partial charge in [-0.1, -0.05) is 50.6 Å². The second kappa shape index (κ2) is 11.2. The van der Waals surface area contributed by atoms with Crippen molar-refractivity contribution in [3.8, 4) is 0 Å². The number of carboxylic acids is 2. The van der Waals surface area contributed by atoms with Crippen molar-refractivity contribution in [1.82, 2.24) is 10.2 Å². The zero-order chi connectivity index (χ0) is 25.6. The van der Waals surface area contributed by atoms with E-state index in [4.69, 9.17) is 4.74 Å². The number of ether oxygens (including phenoxy) is 1. The highest BCUT2D eigenvalue weighted by Gasteiger charge is 2.67. The predicted octanol–water partition coefficient (Wildman–Crippen LogP) is 4.32. The third-order valence-electron chi connectivity index (χ3n) is 6.84. The zero-order valence-corrected chi connectivity index (χ0v) is 21.1. The summed E-state index contributed by atoms with van der Waals surface area (Å²) in [5, 5.41) is 23.2. The lowest BCUT2D eigenvalue weighted by molar-refractivity contribution is -0.154. The standard InChI is InChI=1S/C26H40N2O6/c1-6-20-25(21(29)30,27-23(33)34-24(3,4)5)18-28(26(20,7-2)22(31)32)17-13-9-12-16-19-14-10-8-11-15-19/h8,10-11,14-15,20H,6-7,9,12-13,16-18H2,1-5H3,(H,27,33)(H,29,30)(H,31,32)/t20?,25-,26+/m0/s1. The summed E-state index contributed by atoms with van der Waals surface area (Å²) in [7, 11) is 0. The van der Waals surface area contributed by atoms with E-state index in [0.29, 0.717) is 6.54 Å². The van der Waals surface area contributed by atoms with Crippen LogP contribution in [0.2, 0.25) is 0 Å². The second-order valence-corrected chi connectivity index (χ2v) is 10.2. The van der Waals surface area contributed by atoms with Crippen LogP contribution >= 0.6 is 0 Å². The van der Waals surface area contributed by atoms with Crippen LogP contribution in [0.3, 0.4) is 0 Å². The van der Waals surface area contributed by atoms with Crippen molar-refractivity contribution in [1.29, 1.82) is 0 Å². The van der Waals surface area contributed by atoms with Gasteiger partial charge in [0.25, 0.3) is 0 Å². The van der Waals surface area contributed by atoms with Crippen LogP contribution in [0.4, 0.5) is 4.79 Å². The Hall–Kier alpha value is -2.61. The number of benzene rings is 1. The van der Waals surface area contributed by atoms with Gasteiger partial charge in [0.2, 0.25) is 0 Å². The summed E-state index contributed by atoms with van der Waals surface area (Å²) < 4.78 is 5.34. The number of unbranched alkanes of at least 4 members (excludes halogenated alkanes) is 2. The fourth-order valence-electron chi connectivity index (χ4n) is 5.39. The lowest BCUT2D eigenvalue weighted by Gasteiger charge is -2.39. The molecule has 1 unspecified atom stereocenters. The van der Waals surface area contributed by atoms with Gasteiger partial charge in [0, 0.05) is 12.5 Å². The van der Waals surface area contributed by atoms with Gasteiger partial charge >= 0.3 is 18.0 Å². The van der Waals surface area contributed by atoms with E-state index in [2.05, 4.69) is 17.4 Å². The highest BCUT2D eigenvalue weighted by Crippen LogP contribution is 2.46. The first-order valence-electron chi connectivity index (χ1n) is 12.2. The minimum Gasteiger partial charge on any atom is -0.480 e. The minimum absolute atomic E-state index is 0.0844. The lowest BCUT2D eigenvalue weighted by Crippen LogP contribution is -2.63. The summed E-state index contributed by atoms with van der Waals surface area (Å²) in [6, 6.07) is 10.2. The van der Waals surface area contributed by atoms with Gasteiger partial charge in [0.15, 0.2) is 5.54 Å². The molecule has 3 N–H and O–H groups in total. The van der Waals surface area contributed by atoms with E-state index in [9.17, 15) is 24.6 Å². The van der Waals surface area contributed by atoms with E-state index in [0.717, 1.165) is 25.7 Å². The molecular formula is C26H40N2O6. The first kappa shape index (κ1) is 27.6. The van der Waals surface area contributed by atoms with Crippen LogP contribution in [0.1, 0.15) is 72.3 Å². The van der Waals surface area contributed by atoms with Crippen LogP contribution in [0.5, 0.6) is 0 Å². The van der Waals surface area contributed by atoms with Crippen molar-refractivity contribution >= 4 is 18.0 Å². The lowest BCUT2D eigenvalue weighted by atomic mass is 9.72. The van der Waals surface area contributed by atoms with E-state index >= 15 is 0 Å². The molecule has 3 atom stereocenters. The molecule has 34 heavy (non-hydrogen) atoms. The molecule has 8 nitrogen and oxygen atoms in total. The number of aliphatic carboxylic acids is 2. The minimum atomic E-state index is -1.75. The summed E-state index contributed by atoms with van der Waals surface area (Å²) in [6.45, 7) is 8.99. The Kier molecular flexibility index (Phi) is 9.11. The number of rotatable bonds is 11. The number of carbonyl (C=O) groups excluding carboxylic acids is 1. The van der Waals surface area contributed by atoms with Gasteiger partial charge in [-0.3, -0.25) is 9.69 Å². The summed E-state index contributed by atoms with van der Waals surface area (Å²) in [5.74, 6) is -3.12. The van der Waals surface area contributed by atoms with Gasteiger partial charge in [-0.15, -0.1) is 0 Å². The number of aryl methyl sites for hydroxylation is 1. The van der Waals surface area contributed by atoms with E-state index in [-0.39, 0.29) is 19.4 Å². The molecule has 0 saturated carbocycles. The normalized spacial score (nSPS) is 25.1. The molecule has 1 amide bonds. The Bertz CT molecular complexity index is 853. The molecule has 0 spiro atoms. The highest BCUT2D eigenvalue weighted by molar-refractivity contribution is 5.90. The van der Waals surface area contributed by atoms with Gasteiger partial charge in [-0.25, -0.2) is 9.59 Å². The van der Waals surface area contributed by atoms with Crippen LogP contribution in [0.25, 0.3) is 0 Å². The topological polar surface area (TPSA) is 116 Å². The maximum Gasteiger partial charge on any atom is 0.408 e. The van der Waals surface area contributed by atoms with E-state index in [1.807, 2.05) is 18.2 Å². The number of hydrogen-bond donors (Lipinski definition) is 3. The molecule has 0 aliphatic carbocycles. The Balaban J connectivity index is 2.23. The van der Waals surface area contributed by atoms with Crippen LogP contribution in [-0.4, -0.2) is 62.9 Å². The van der Waals surface area contributed by atoms with Crippen LogP contribution in [0.15, 0.2) is 30.3 Å². The molecule has 1 fully saturated rings. The fraction of sp³-hybridized carbons (Fsp3) is 0.654. The van der Waals surface area contributed by atoms with Crippen molar-refractivity contribution < 1.29 is 29.3 Å². The number of nitrogens with one attached hydrogen (secondary N) is 1. The first-order valence-corrected chi connectivity index (χ1v) is 12.2. The molecule has 1 aromatic carbocycles. The molecule has 1 aliphatic heterocycles. The molecule has 1 heterocycles. The largest absolute Gasteiger partial charge is 0.480 e. The number of amides is 1. The number of carboxylic acid groups (broad SMARTS) is 2. The van der Waals surface area contributed by atoms with E-state index < -0.39 is 40.6 Å². The summed E-state index contributed by atoms with van der Waals surface area (Å²) in [6.07, 6.45) is 3.19. The van der Waals surface area contributed by atoms with E-state index in [1.165, 1.54) is 5.56 Å². The molecule has 0 radical (unpaired) electrons. The molecule has 2 rings (SSSR count). The summed E-state index contributed by atoms with van der Waals surface area (Å²) in [5.41, 5.74) is -2.69. The third kappa shape index (κ3) is 5.90. The Morgan fingerprint density at radius 2 is 1.71 bits per heavy atom. The Morgan fingerprint density at radius 3 is 2.21 bits per heavy atom. The van der Waals surface area contributed by atoms with Gasteiger partial charge in [0.05, 0.1) is 0 Å². The molecule has 8 heteroatoms. The van der Waals surface area contributed by atoms with Gasteiger partial charge in [-0.2, -0.15) is 0 Å². The monoisotopic (exact) mass is 476 g/mol. The Labute approximate surface area is 202 Å².